The van der Waals surface area contributed by atoms with Crippen molar-refractivity contribution in [3.8, 4) is 0 Å². The molecule has 0 aliphatic rings. The minimum atomic E-state index is 0.520. The Balaban J connectivity index is 2.22. The van der Waals surface area contributed by atoms with Gasteiger partial charge in [0.15, 0.2) is 5.82 Å². The average Bonchev–Trinajstić information content (AvgIpc) is 2.77. The third-order valence-electron chi connectivity index (χ3n) is 2.96. The van der Waals surface area contributed by atoms with Gasteiger partial charge in [-0.3, -0.25) is 5.10 Å². The molecular weight excluding hydrogens is 256 g/mol. The van der Waals surface area contributed by atoms with E-state index in [-0.39, 0.29) is 0 Å². The van der Waals surface area contributed by atoms with Crippen molar-refractivity contribution < 1.29 is 0 Å². The standard InChI is InChI=1S/C14H18N4S/c1-4-13-16-17-14(19)18(13)15-9-11-5-7-12(8-6-11)10(2)3/h5-10H,4H2,1-3H3,(H,17,19)/b15-9-. The minimum absolute atomic E-state index is 0.520. The highest BCUT2D eigenvalue weighted by Gasteiger charge is 2.01. The molecule has 1 aromatic heterocycles. The first-order valence-corrected chi connectivity index (χ1v) is 6.83. The van der Waals surface area contributed by atoms with Gasteiger partial charge in [-0.15, -0.1) is 0 Å². The third-order valence-corrected chi connectivity index (χ3v) is 3.22. The molecule has 0 unspecified atom stereocenters. The second-order valence-corrected chi connectivity index (χ2v) is 5.06. The SMILES string of the molecule is CCc1n[nH]c(=S)n1/N=C\c1ccc(C(C)C)cc1. The molecule has 2 aromatic rings. The van der Waals surface area contributed by atoms with E-state index in [2.05, 4.69) is 53.4 Å². The summed E-state index contributed by atoms with van der Waals surface area (Å²) in [7, 11) is 0. The molecule has 0 saturated heterocycles. The summed E-state index contributed by atoms with van der Waals surface area (Å²) in [4.78, 5) is 0. The van der Waals surface area contributed by atoms with Gasteiger partial charge in [0.25, 0.3) is 0 Å². The van der Waals surface area contributed by atoms with Crippen LogP contribution in [0, 0.1) is 4.77 Å². The number of aromatic amines is 1. The molecule has 1 aromatic carbocycles. The Morgan fingerprint density at radius 2 is 2.05 bits per heavy atom. The Bertz CT molecular complexity index is 620. The summed E-state index contributed by atoms with van der Waals surface area (Å²) < 4.78 is 2.18. The van der Waals surface area contributed by atoms with Crippen molar-refractivity contribution in [2.75, 3.05) is 0 Å². The van der Waals surface area contributed by atoms with E-state index in [1.165, 1.54) is 5.56 Å². The molecular formula is C14H18N4S. The molecule has 0 fully saturated rings. The van der Waals surface area contributed by atoms with Crippen LogP contribution >= 0.6 is 12.2 Å². The average molecular weight is 274 g/mol. The molecule has 0 radical (unpaired) electrons. The molecule has 0 aliphatic heterocycles. The van der Waals surface area contributed by atoms with Crippen molar-refractivity contribution in [3.05, 3.63) is 46.0 Å². The van der Waals surface area contributed by atoms with E-state index >= 15 is 0 Å². The van der Waals surface area contributed by atoms with Gasteiger partial charge >= 0.3 is 0 Å². The monoisotopic (exact) mass is 274 g/mol. The fraction of sp³-hybridized carbons (Fsp3) is 0.357. The van der Waals surface area contributed by atoms with Crippen LogP contribution in [0.15, 0.2) is 29.4 Å². The van der Waals surface area contributed by atoms with E-state index in [9.17, 15) is 0 Å². The van der Waals surface area contributed by atoms with Gasteiger partial charge in [0.05, 0.1) is 6.21 Å². The molecule has 2 rings (SSSR count). The number of aryl methyl sites for hydroxylation is 1. The van der Waals surface area contributed by atoms with Crippen LogP contribution in [0.1, 0.15) is 43.6 Å². The Hall–Kier alpha value is -1.75. The number of rotatable bonds is 4. The third kappa shape index (κ3) is 3.17. The summed E-state index contributed by atoms with van der Waals surface area (Å²) in [6, 6.07) is 8.38. The first kappa shape index (κ1) is 13.7. The highest BCUT2D eigenvalue weighted by Crippen LogP contribution is 2.14. The zero-order chi connectivity index (χ0) is 13.8. The maximum absolute atomic E-state index is 5.14. The Labute approximate surface area is 118 Å². The first-order valence-electron chi connectivity index (χ1n) is 6.42. The van der Waals surface area contributed by atoms with Gasteiger partial charge in [-0.1, -0.05) is 45.0 Å². The van der Waals surface area contributed by atoms with Crippen molar-refractivity contribution in [1.29, 1.82) is 0 Å². The number of H-pyrrole nitrogens is 1. The van der Waals surface area contributed by atoms with Crippen LogP contribution in [0.4, 0.5) is 0 Å². The summed E-state index contributed by atoms with van der Waals surface area (Å²) in [6.45, 7) is 6.39. The molecule has 0 bridgehead atoms. The van der Waals surface area contributed by atoms with Crippen LogP contribution in [0.25, 0.3) is 0 Å². The lowest BCUT2D eigenvalue weighted by Crippen LogP contribution is -1.97. The Morgan fingerprint density at radius 3 is 2.63 bits per heavy atom. The maximum Gasteiger partial charge on any atom is 0.216 e. The van der Waals surface area contributed by atoms with E-state index in [4.69, 9.17) is 12.2 Å². The highest BCUT2D eigenvalue weighted by atomic mass is 32.1. The highest BCUT2D eigenvalue weighted by molar-refractivity contribution is 7.71. The predicted octanol–water partition coefficient (Wildman–Crippen LogP) is 3.51. The molecule has 0 spiro atoms. The summed E-state index contributed by atoms with van der Waals surface area (Å²) in [6.07, 6.45) is 2.59. The summed E-state index contributed by atoms with van der Waals surface area (Å²) in [5.74, 6) is 1.38. The van der Waals surface area contributed by atoms with Crippen molar-refractivity contribution in [1.82, 2.24) is 14.9 Å². The normalized spacial score (nSPS) is 11.6. The van der Waals surface area contributed by atoms with E-state index in [0.717, 1.165) is 17.8 Å². The van der Waals surface area contributed by atoms with Crippen LogP contribution in [0.2, 0.25) is 0 Å². The Morgan fingerprint density at radius 1 is 1.37 bits per heavy atom. The van der Waals surface area contributed by atoms with Crippen LogP contribution in [-0.4, -0.2) is 21.1 Å². The quantitative estimate of drug-likeness (QED) is 0.685. The van der Waals surface area contributed by atoms with Crippen molar-refractivity contribution >= 4 is 18.4 Å². The number of nitrogens with zero attached hydrogens (tertiary/aromatic N) is 3. The smallest absolute Gasteiger partial charge is 0.216 e. The molecule has 0 amide bonds. The molecule has 1 N–H and O–H groups in total. The van der Waals surface area contributed by atoms with Crippen LogP contribution in [-0.2, 0) is 6.42 Å². The van der Waals surface area contributed by atoms with Crippen LogP contribution in [0.5, 0.6) is 0 Å². The second-order valence-electron chi connectivity index (χ2n) is 4.68. The van der Waals surface area contributed by atoms with Crippen LogP contribution < -0.4 is 0 Å². The maximum atomic E-state index is 5.14. The molecule has 4 nitrogen and oxygen atoms in total. The fourth-order valence-electron chi connectivity index (χ4n) is 1.76. The number of benzene rings is 1. The summed E-state index contributed by atoms with van der Waals surface area (Å²) in [5, 5.41) is 11.2. The lowest BCUT2D eigenvalue weighted by atomic mass is 10.0. The van der Waals surface area contributed by atoms with Gasteiger partial charge in [0.1, 0.15) is 0 Å². The van der Waals surface area contributed by atoms with Gasteiger partial charge in [-0.25, -0.2) is 0 Å². The lowest BCUT2D eigenvalue weighted by Gasteiger charge is -2.04. The zero-order valence-corrected chi connectivity index (χ0v) is 12.2. The van der Waals surface area contributed by atoms with Crippen molar-refractivity contribution in [3.63, 3.8) is 0 Å². The van der Waals surface area contributed by atoms with Crippen molar-refractivity contribution in [2.24, 2.45) is 5.10 Å². The number of hydrogen-bond donors (Lipinski definition) is 1. The summed E-state index contributed by atoms with van der Waals surface area (Å²) >= 11 is 5.14. The number of aromatic nitrogens is 3. The topological polar surface area (TPSA) is 46.0 Å². The van der Waals surface area contributed by atoms with E-state index in [1.807, 2.05) is 6.92 Å². The van der Waals surface area contributed by atoms with Gasteiger partial charge in [0, 0.05) is 6.42 Å². The van der Waals surface area contributed by atoms with Gasteiger partial charge in [0.2, 0.25) is 4.77 Å². The first-order chi connectivity index (χ1) is 9.11. The van der Waals surface area contributed by atoms with E-state index in [1.54, 1.807) is 10.9 Å². The van der Waals surface area contributed by atoms with Crippen molar-refractivity contribution in [2.45, 2.75) is 33.1 Å². The van der Waals surface area contributed by atoms with Gasteiger partial charge in [-0.05, 0) is 29.3 Å². The predicted molar refractivity (Wildman–Crippen MR) is 80.3 cm³/mol. The largest absolute Gasteiger partial charge is 0.250 e. The van der Waals surface area contributed by atoms with E-state index in [0.29, 0.717) is 10.7 Å². The number of nitrogens with one attached hydrogen (secondary N) is 1. The van der Waals surface area contributed by atoms with Crippen LogP contribution in [0.3, 0.4) is 0 Å². The van der Waals surface area contributed by atoms with E-state index < -0.39 is 0 Å². The molecule has 0 saturated carbocycles. The lowest BCUT2D eigenvalue weighted by molar-refractivity contribution is 0.780. The minimum Gasteiger partial charge on any atom is -0.250 e. The zero-order valence-electron chi connectivity index (χ0n) is 11.4. The molecule has 5 heteroatoms. The Kier molecular flexibility index (Phi) is 4.27. The molecule has 0 atom stereocenters. The second kappa shape index (κ2) is 5.93. The fourth-order valence-corrected chi connectivity index (χ4v) is 1.96. The molecule has 100 valence electrons. The molecule has 19 heavy (non-hydrogen) atoms. The van der Waals surface area contributed by atoms with Gasteiger partial charge in [-0.2, -0.15) is 14.9 Å². The number of hydrogen-bond acceptors (Lipinski definition) is 3. The van der Waals surface area contributed by atoms with Gasteiger partial charge < -0.3 is 0 Å². The summed E-state index contributed by atoms with van der Waals surface area (Å²) in [5.41, 5.74) is 2.38. The molecule has 0 aliphatic carbocycles. The molecule has 1 heterocycles.